The van der Waals surface area contributed by atoms with Crippen LogP contribution in [0.1, 0.15) is 5.56 Å². The molecular weight excluding hydrogens is 246 g/mol. The second-order valence-corrected chi connectivity index (χ2v) is 3.78. The maximum Gasteiger partial charge on any atom is 0.183 e. The van der Waals surface area contributed by atoms with E-state index in [-0.39, 0.29) is 5.69 Å². The fourth-order valence-corrected chi connectivity index (χ4v) is 1.29. The molecule has 4 N–H and O–H groups in total. The van der Waals surface area contributed by atoms with Crippen molar-refractivity contribution in [2.24, 2.45) is 0 Å². The molecule has 0 amide bonds. The van der Waals surface area contributed by atoms with Crippen molar-refractivity contribution < 1.29 is 24.1 Å². The van der Waals surface area contributed by atoms with E-state index in [0.29, 0.717) is 0 Å². The molecule has 0 aliphatic rings. The van der Waals surface area contributed by atoms with E-state index in [4.69, 9.17) is 20.6 Å². The summed E-state index contributed by atoms with van der Waals surface area (Å²) in [4.78, 5) is 0. The molecule has 0 aliphatic heterocycles. The van der Waals surface area contributed by atoms with Crippen LogP contribution in [0.15, 0.2) is 12.1 Å². The molecule has 0 saturated carbocycles. The van der Waals surface area contributed by atoms with E-state index in [1.165, 1.54) is 6.07 Å². The Morgan fingerprint density at radius 2 is 1.67 bits per heavy atom. The summed E-state index contributed by atoms with van der Waals surface area (Å²) in [5, 5.41) is 38.0. The number of aliphatic hydroxyl groups excluding tert-OH is 3. The molecule has 0 radical (unpaired) electrons. The zero-order chi connectivity index (χ0) is 13.8. The topological polar surface area (TPSA) is 96.5 Å². The van der Waals surface area contributed by atoms with Crippen LogP contribution < -0.4 is 5.32 Å². The Bertz CT molecular complexity index is 462. The van der Waals surface area contributed by atoms with Crippen molar-refractivity contribution in [3.8, 4) is 6.07 Å². The summed E-state index contributed by atoms with van der Waals surface area (Å²) in [5.74, 6) is -2.64. The maximum atomic E-state index is 13.6. The second-order valence-electron chi connectivity index (χ2n) is 3.78. The quantitative estimate of drug-likeness (QED) is 0.594. The van der Waals surface area contributed by atoms with E-state index in [0.717, 1.165) is 12.1 Å². The molecule has 18 heavy (non-hydrogen) atoms. The Morgan fingerprint density at radius 1 is 1.11 bits per heavy atom. The molecule has 0 unspecified atom stereocenters. The number of anilines is 1. The van der Waals surface area contributed by atoms with Crippen LogP contribution in [-0.4, -0.2) is 40.7 Å². The van der Waals surface area contributed by atoms with Crippen molar-refractivity contribution in [1.82, 2.24) is 0 Å². The predicted octanol–water partition coefficient (Wildman–Crippen LogP) is -0.0359. The van der Waals surface area contributed by atoms with Gasteiger partial charge in [0.1, 0.15) is 11.6 Å². The van der Waals surface area contributed by atoms with Crippen molar-refractivity contribution in [2.75, 3.05) is 25.1 Å². The van der Waals surface area contributed by atoms with Gasteiger partial charge in [-0.3, -0.25) is 0 Å². The van der Waals surface area contributed by atoms with Crippen LogP contribution in [0.2, 0.25) is 0 Å². The molecule has 0 heterocycles. The lowest BCUT2D eigenvalue weighted by molar-refractivity contribution is 0.0831. The van der Waals surface area contributed by atoms with Crippen molar-refractivity contribution in [2.45, 2.75) is 5.54 Å². The number of nitrogens with one attached hydrogen (secondary N) is 1. The highest BCUT2D eigenvalue weighted by Crippen LogP contribution is 2.23. The van der Waals surface area contributed by atoms with Gasteiger partial charge in [-0.2, -0.15) is 5.26 Å². The SMILES string of the molecule is N#Cc1ccc(NC(CO)(CO)CO)c(F)c1F. The van der Waals surface area contributed by atoms with Crippen molar-refractivity contribution in [3.63, 3.8) is 0 Å². The first kappa shape index (κ1) is 14.3. The van der Waals surface area contributed by atoms with Gasteiger partial charge in [0.15, 0.2) is 11.6 Å². The monoisotopic (exact) mass is 258 g/mol. The van der Waals surface area contributed by atoms with Crippen LogP contribution in [0.4, 0.5) is 14.5 Å². The van der Waals surface area contributed by atoms with Gasteiger partial charge in [0.25, 0.3) is 0 Å². The molecule has 98 valence electrons. The Morgan fingerprint density at radius 3 is 2.11 bits per heavy atom. The Hall–Kier alpha value is -1.75. The highest BCUT2D eigenvalue weighted by atomic mass is 19.2. The Balaban J connectivity index is 3.13. The van der Waals surface area contributed by atoms with Crippen LogP contribution in [0.5, 0.6) is 0 Å². The van der Waals surface area contributed by atoms with E-state index in [9.17, 15) is 8.78 Å². The van der Waals surface area contributed by atoms with Gasteiger partial charge in [0, 0.05) is 0 Å². The third-order valence-corrected chi connectivity index (χ3v) is 2.51. The van der Waals surface area contributed by atoms with E-state index in [2.05, 4.69) is 5.32 Å². The molecule has 0 fully saturated rings. The summed E-state index contributed by atoms with van der Waals surface area (Å²) in [6.45, 7) is -2.04. The summed E-state index contributed by atoms with van der Waals surface area (Å²) in [6.07, 6.45) is 0. The van der Waals surface area contributed by atoms with Gasteiger partial charge >= 0.3 is 0 Å². The van der Waals surface area contributed by atoms with Gasteiger partial charge in [-0.25, -0.2) is 8.78 Å². The van der Waals surface area contributed by atoms with Gasteiger partial charge in [0.2, 0.25) is 0 Å². The smallest absolute Gasteiger partial charge is 0.183 e. The van der Waals surface area contributed by atoms with Crippen LogP contribution in [0.25, 0.3) is 0 Å². The van der Waals surface area contributed by atoms with Crippen molar-refractivity contribution in [1.29, 1.82) is 5.26 Å². The lowest BCUT2D eigenvalue weighted by atomic mass is 10.0. The molecule has 0 aliphatic carbocycles. The maximum absolute atomic E-state index is 13.6. The molecule has 0 spiro atoms. The third kappa shape index (κ3) is 2.56. The highest BCUT2D eigenvalue weighted by Gasteiger charge is 2.29. The molecule has 7 heteroatoms. The summed E-state index contributed by atoms with van der Waals surface area (Å²) in [5.41, 5.74) is -2.38. The molecule has 0 saturated heterocycles. The number of aliphatic hydroxyl groups is 3. The lowest BCUT2D eigenvalue weighted by Crippen LogP contribution is -2.49. The second kappa shape index (κ2) is 5.73. The largest absolute Gasteiger partial charge is 0.394 e. The normalized spacial score (nSPS) is 11.1. The average molecular weight is 258 g/mol. The zero-order valence-corrected chi connectivity index (χ0v) is 9.32. The fraction of sp³-hybridized carbons (Fsp3) is 0.364. The average Bonchev–Trinajstić information content (AvgIpc) is 2.41. The van der Waals surface area contributed by atoms with Crippen LogP contribution >= 0.6 is 0 Å². The molecule has 1 aromatic carbocycles. The summed E-state index contributed by atoms with van der Waals surface area (Å²) in [6, 6.07) is 3.62. The Kier molecular flexibility index (Phi) is 4.55. The zero-order valence-electron chi connectivity index (χ0n) is 9.32. The van der Waals surface area contributed by atoms with Crippen LogP contribution in [-0.2, 0) is 0 Å². The number of hydrogen-bond donors (Lipinski definition) is 4. The fourth-order valence-electron chi connectivity index (χ4n) is 1.29. The number of nitrogens with zero attached hydrogens (tertiary/aromatic N) is 1. The first-order valence-electron chi connectivity index (χ1n) is 5.02. The Labute approximate surface area is 102 Å². The minimum absolute atomic E-state index is 0.358. The molecule has 0 aromatic heterocycles. The number of benzene rings is 1. The van der Waals surface area contributed by atoms with Crippen LogP contribution in [0, 0.1) is 23.0 Å². The summed E-state index contributed by atoms with van der Waals surface area (Å²) in [7, 11) is 0. The first-order valence-corrected chi connectivity index (χ1v) is 5.02. The van der Waals surface area contributed by atoms with Crippen molar-refractivity contribution in [3.05, 3.63) is 29.3 Å². The number of hydrogen-bond acceptors (Lipinski definition) is 5. The van der Waals surface area contributed by atoms with E-state index >= 15 is 0 Å². The van der Waals surface area contributed by atoms with Gasteiger partial charge in [0.05, 0.1) is 31.1 Å². The van der Waals surface area contributed by atoms with Gasteiger partial charge in [-0.15, -0.1) is 0 Å². The molecule has 1 aromatic rings. The van der Waals surface area contributed by atoms with Crippen molar-refractivity contribution >= 4 is 5.69 Å². The van der Waals surface area contributed by atoms with Gasteiger partial charge in [-0.1, -0.05) is 0 Å². The van der Waals surface area contributed by atoms with Gasteiger partial charge in [-0.05, 0) is 12.1 Å². The molecule has 1 rings (SSSR count). The summed E-state index contributed by atoms with van der Waals surface area (Å²) >= 11 is 0. The van der Waals surface area contributed by atoms with E-state index in [1.807, 2.05) is 0 Å². The number of nitriles is 1. The van der Waals surface area contributed by atoms with Gasteiger partial charge < -0.3 is 20.6 Å². The highest BCUT2D eigenvalue weighted by molar-refractivity contribution is 5.51. The van der Waals surface area contributed by atoms with E-state index in [1.54, 1.807) is 0 Å². The van der Waals surface area contributed by atoms with Crippen LogP contribution in [0.3, 0.4) is 0 Å². The minimum atomic E-state index is -1.57. The third-order valence-electron chi connectivity index (χ3n) is 2.51. The lowest BCUT2D eigenvalue weighted by Gasteiger charge is -2.30. The molecular formula is C11H12F2N2O3. The van der Waals surface area contributed by atoms with E-state index < -0.39 is 42.6 Å². The molecule has 5 nitrogen and oxygen atoms in total. The predicted molar refractivity (Wildman–Crippen MR) is 58.7 cm³/mol. The standard InChI is InChI=1S/C11H12F2N2O3/c12-9-7(3-14)1-2-8(10(9)13)15-11(4-16,5-17)6-18/h1-2,15-18H,4-6H2. The number of rotatable bonds is 5. The minimum Gasteiger partial charge on any atom is -0.394 e. The number of halogens is 2. The molecule has 0 bridgehead atoms. The molecule has 0 atom stereocenters. The summed E-state index contributed by atoms with van der Waals surface area (Å²) < 4.78 is 26.9. The first-order chi connectivity index (χ1) is 8.53.